The maximum atomic E-state index is 13.1. The van der Waals surface area contributed by atoms with Crippen molar-refractivity contribution >= 4 is 23.3 Å². The third kappa shape index (κ3) is 9.54. The minimum atomic E-state index is -1.01. The number of carboxylic acids is 1. The average Bonchev–Trinajstić information content (AvgIpc) is 3.90. The number of nitrogens with zero attached hydrogens (tertiary/aromatic N) is 1. The lowest BCUT2D eigenvalue weighted by atomic mass is 10.00. The molecule has 2 N–H and O–H groups in total. The fourth-order valence-electron chi connectivity index (χ4n) is 5.33. The monoisotopic (exact) mass is 604 g/mol. The topological polar surface area (TPSA) is 95.9 Å². The van der Waals surface area contributed by atoms with Crippen LogP contribution < -0.4 is 10.1 Å². The van der Waals surface area contributed by atoms with Crippen LogP contribution >= 0.6 is 0 Å². The van der Waals surface area contributed by atoms with Gasteiger partial charge in [-0.05, 0) is 67.0 Å². The highest BCUT2D eigenvalue weighted by molar-refractivity contribution is 6.12. The molecular weight excluding hydrogens is 564 g/mol. The number of carboxylic acid groups (broad SMARTS) is 1. The molecule has 0 aromatic heterocycles. The zero-order valence-electron chi connectivity index (χ0n) is 25.4. The first-order valence-corrected chi connectivity index (χ1v) is 15.7. The molecule has 1 aliphatic carbocycles. The Bertz CT molecular complexity index is 1550. The van der Waals surface area contributed by atoms with Gasteiger partial charge in [0.2, 0.25) is 5.91 Å². The summed E-state index contributed by atoms with van der Waals surface area (Å²) in [4.78, 5) is 40.3. The van der Waals surface area contributed by atoms with Crippen LogP contribution in [0.5, 0.6) is 5.75 Å². The Morgan fingerprint density at radius 2 is 1.49 bits per heavy atom. The number of nitrogens with one attached hydrogen (secondary N) is 1. The quantitative estimate of drug-likeness (QED) is 0.103. The Labute approximate surface area is 264 Å². The molecule has 0 aliphatic heterocycles. The summed E-state index contributed by atoms with van der Waals surface area (Å²) in [7, 11) is 0. The van der Waals surface area contributed by atoms with Crippen LogP contribution in [-0.4, -0.2) is 53.4 Å². The molecule has 1 amide bonds. The van der Waals surface area contributed by atoms with E-state index in [4.69, 9.17) is 4.74 Å². The normalized spacial score (nSPS) is 13.1. The van der Waals surface area contributed by atoms with Crippen molar-refractivity contribution in [1.82, 2.24) is 4.90 Å². The highest BCUT2D eigenvalue weighted by atomic mass is 16.5. The number of carbonyl (C=O) groups excluding carboxylic acids is 2. The highest BCUT2D eigenvalue weighted by Gasteiger charge is 2.26. The lowest BCUT2D eigenvalue weighted by molar-refractivity contribution is -0.138. The second kappa shape index (κ2) is 15.7. The summed E-state index contributed by atoms with van der Waals surface area (Å²) in [5, 5.41) is 13.0. The molecule has 7 nitrogen and oxygen atoms in total. The molecule has 45 heavy (non-hydrogen) atoms. The zero-order valence-corrected chi connectivity index (χ0v) is 25.4. The van der Waals surface area contributed by atoms with Crippen LogP contribution in [-0.2, 0) is 22.4 Å². The second-order valence-corrected chi connectivity index (χ2v) is 11.6. The van der Waals surface area contributed by atoms with E-state index in [0.29, 0.717) is 48.1 Å². The molecule has 0 bridgehead atoms. The van der Waals surface area contributed by atoms with Gasteiger partial charge in [0, 0.05) is 42.7 Å². The molecule has 1 aliphatic rings. The number of carbonyl (C=O) groups is 3. The van der Waals surface area contributed by atoms with Gasteiger partial charge in [-0.25, -0.2) is 4.79 Å². The Morgan fingerprint density at radius 3 is 2.18 bits per heavy atom. The molecule has 0 heterocycles. The summed E-state index contributed by atoms with van der Waals surface area (Å²) in [5.74, 6) is 0.342. The number of ether oxygens (including phenoxy) is 1. The van der Waals surface area contributed by atoms with Crippen molar-refractivity contribution in [2.45, 2.75) is 44.6 Å². The van der Waals surface area contributed by atoms with Crippen LogP contribution in [0, 0.1) is 5.92 Å². The van der Waals surface area contributed by atoms with E-state index in [9.17, 15) is 19.5 Å². The maximum absolute atomic E-state index is 13.1. The Hall–Kier alpha value is -4.91. The van der Waals surface area contributed by atoms with Gasteiger partial charge in [0.1, 0.15) is 11.8 Å². The van der Waals surface area contributed by atoms with Crippen LogP contribution in [0.1, 0.15) is 52.7 Å². The number of hydrogen-bond donors (Lipinski definition) is 2. The highest BCUT2D eigenvalue weighted by Crippen LogP contribution is 2.30. The summed E-state index contributed by atoms with van der Waals surface area (Å²) in [6.45, 7) is 1.98. The molecule has 0 unspecified atom stereocenters. The van der Waals surface area contributed by atoms with E-state index < -0.39 is 12.0 Å². The minimum Gasteiger partial charge on any atom is -0.494 e. The number of hydrogen-bond acceptors (Lipinski definition) is 5. The predicted octanol–water partition coefficient (Wildman–Crippen LogP) is 6.67. The van der Waals surface area contributed by atoms with E-state index >= 15 is 0 Å². The summed E-state index contributed by atoms with van der Waals surface area (Å²) >= 11 is 0. The molecule has 1 saturated carbocycles. The number of benzene rings is 4. The lowest BCUT2D eigenvalue weighted by Gasteiger charge is -2.23. The van der Waals surface area contributed by atoms with Crippen molar-refractivity contribution in [2.75, 3.05) is 25.0 Å². The van der Waals surface area contributed by atoms with Crippen molar-refractivity contribution in [2.24, 2.45) is 5.92 Å². The van der Waals surface area contributed by atoms with Crippen LogP contribution in [0.25, 0.3) is 0 Å². The van der Waals surface area contributed by atoms with Gasteiger partial charge < -0.3 is 20.1 Å². The first-order chi connectivity index (χ1) is 22.0. The number of aryl methyl sites for hydroxylation is 1. The molecular formula is C38H40N2O5. The van der Waals surface area contributed by atoms with Gasteiger partial charge in [-0.3, -0.25) is 9.59 Å². The summed E-state index contributed by atoms with van der Waals surface area (Å²) < 4.78 is 5.97. The number of para-hydroxylation sites is 1. The van der Waals surface area contributed by atoms with E-state index in [0.717, 1.165) is 24.9 Å². The molecule has 5 rings (SSSR count). The van der Waals surface area contributed by atoms with Crippen LogP contribution in [0.3, 0.4) is 0 Å². The van der Waals surface area contributed by atoms with Gasteiger partial charge in [0.05, 0.1) is 6.61 Å². The average molecular weight is 605 g/mol. The molecule has 1 atom stereocenters. The first-order valence-electron chi connectivity index (χ1n) is 15.7. The van der Waals surface area contributed by atoms with Gasteiger partial charge in [-0.15, -0.1) is 0 Å². The number of amides is 1. The van der Waals surface area contributed by atoms with Gasteiger partial charge in [0.15, 0.2) is 5.78 Å². The SMILES string of the molecule is O=C(c1ccccc1)c1ccccc1N[C@@H](Cc1ccc(OCCCN(CC2CC2)C(=O)CCc2ccccc2)cc1)C(=O)O. The summed E-state index contributed by atoms with van der Waals surface area (Å²) in [6, 6.07) is 32.5. The van der Waals surface area contributed by atoms with Gasteiger partial charge in [0.25, 0.3) is 0 Å². The van der Waals surface area contributed by atoms with Gasteiger partial charge >= 0.3 is 5.97 Å². The van der Waals surface area contributed by atoms with Gasteiger partial charge in [-0.2, -0.15) is 0 Å². The zero-order chi connectivity index (χ0) is 31.4. The molecule has 1 fully saturated rings. The number of rotatable bonds is 17. The van der Waals surface area contributed by atoms with E-state index in [1.807, 2.05) is 53.4 Å². The van der Waals surface area contributed by atoms with E-state index in [1.165, 1.54) is 18.4 Å². The molecule has 0 spiro atoms. The maximum Gasteiger partial charge on any atom is 0.326 e. The molecule has 4 aromatic rings. The molecule has 232 valence electrons. The molecule has 0 saturated heterocycles. The molecule has 0 radical (unpaired) electrons. The third-order valence-electron chi connectivity index (χ3n) is 8.04. The van der Waals surface area contributed by atoms with Crippen LogP contribution in [0.4, 0.5) is 5.69 Å². The van der Waals surface area contributed by atoms with Crippen LogP contribution in [0.15, 0.2) is 109 Å². The van der Waals surface area contributed by atoms with E-state index in [2.05, 4.69) is 17.4 Å². The molecule has 7 heteroatoms. The summed E-state index contributed by atoms with van der Waals surface area (Å²) in [6.07, 6.45) is 4.62. The van der Waals surface area contributed by atoms with Crippen molar-refractivity contribution in [3.05, 3.63) is 131 Å². The predicted molar refractivity (Wildman–Crippen MR) is 176 cm³/mol. The van der Waals surface area contributed by atoms with Crippen molar-refractivity contribution in [1.29, 1.82) is 0 Å². The Balaban J connectivity index is 1.11. The standard InChI is InChI=1S/C38H40N2O5/c41-36(23-20-28-10-3-1-4-11-28)40(27-30-16-17-30)24-9-25-45-32-21-18-29(19-22-32)26-35(38(43)44)39-34-15-8-7-14-33(34)37(42)31-12-5-2-6-13-31/h1-8,10-15,18-19,21-22,30,35,39H,9,16-17,20,23-27H2,(H,43,44)/t35-/m0/s1. The Morgan fingerprint density at radius 1 is 0.822 bits per heavy atom. The van der Waals surface area contributed by atoms with Crippen molar-refractivity contribution in [3.8, 4) is 5.75 Å². The van der Waals surface area contributed by atoms with Crippen molar-refractivity contribution < 1.29 is 24.2 Å². The number of ketones is 1. The number of aliphatic carboxylic acids is 1. The van der Waals surface area contributed by atoms with Crippen LogP contribution in [0.2, 0.25) is 0 Å². The number of anilines is 1. The van der Waals surface area contributed by atoms with Crippen molar-refractivity contribution in [3.63, 3.8) is 0 Å². The summed E-state index contributed by atoms with van der Waals surface area (Å²) in [5.41, 5.74) is 3.45. The first kappa shape index (κ1) is 31.5. The van der Waals surface area contributed by atoms with Gasteiger partial charge in [-0.1, -0.05) is 84.9 Å². The third-order valence-corrected chi connectivity index (χ3v) is 8.04. The second-order valence-electron chi connectivity index (χ2n) is 11.6. The van der Waals surface area contributed by atoms with E-state index in [1.54, 1.807) is 48.5 Å². The smallest absolute Gasteiger partial charge is 0.326 e. The molecule has 4 aromatic carbocycles. The Kier molecular flexibility index (Phi) is 11.0. The largest absolute Gasteiger partial charge is 0.494 e. The fraction of sp³-hybridized carbons (Fsp3) is 0.289. The fourth-order valence-corrected chi connectivity index (χ4v) is 5.33. The lowest BCUT2D eigenvalue weighted by Crippen LogP contribution is -2.34. The minimum absolute atomic E-state index is 0.170. The van der Waals surface area contributed by atoms with E-state index in [-0.39, 0.29) is 18.1 Å².